The first kappa shape index (κ1) is 18.3. The Balaban J connectivity index is 1.52. The Hall–Kier alpha value is -3.05. The number of benzene rings is 1. The van der Waals surface area contributed by atoms with Crippen LogP contribution in [0.2, 0.25) is 0 Å². The van der Waals surface area contributed by atoms with Crippen LogP contribution in [-0.4, -0.2) is 27.3 Å². The summed E-state index contributed by atoms with van der Waals surface area (Å²) >= 11 is 0. The van der Waals surface area contributed by atoms with E-state index in [0.29, 0.717) is 11.6 Å². The summed E-state index contributed by atoms with van der Waals surface area (Å²) in [5.41, 5.74) is 10.0. The first-order chi connectivity index (χ1) is 13.7. The number of carbonyl (C=O) groups is 1. The molecule has 0 saturated carbocycles. The van der Waals surface area contributed by atoms with Gasteiger partial charge in [-0.1, -0.05) is 30.7 Å². The van der Waals surface area contributed by atoms with Crippen LogP contribution in [0.4, 0.5) is 0 Å². The maximum Gasteiger partial charge on any atom is 0.248 e. The predicted octanol–water partition coefficient (Wildman–Crippen LogP) is 3.97. The van der Waals surface area contributed by atoms with Gasteiger partial charge in [0.05, 0.1) is 11.4 Å². The summed E-state index contributed by atoms with van der Waals surface area (Å²) in [5, 5.41) is 0. The number of aromatic nitrogens is 2. The molecule has 1 aromatic carbocycles. The molecule has 0 spiro atoms. The monoisotopic (exact) mass is 372 g/mol. The van der Waals surface area contributed by atoms with Crippen molar-refractivity contribution < 1.29 is 4.79 Å². The zero-order valence-electron chi connectivity index (χ0n) is 15.8. The summed E-state index contributed by atoms with van der Waals surface area (Å²) in [7, 11) is 0. The topological polar surface area (TPSA) is 72.1 Å². The van der Waals surface area contributed by atoms with E-state index in [2.05, 4.69) is 33.1 Å². The lowest BCUT2D eigenvalue weighted by Crippen LogP contribution is -2.33. The average molecular weight is 372 g/mol. The molecule has 2 aromatic heterocycles. The van der Waals surface area contributed by atoms with Crippen LogP contribution in [-0.2, 0) is 6.54 Å². The maximum absolute atomic E-state index is 11.2. The fourth-order valence-electron chi connectivity index (χ4n) is 3.84. The minimum absolute atomic E-state index is 0.370. The summed E-state index contributed by atoms with van der Waals surface area (Å²) in [6, 6.07) is 17.9. The van der Waals surface area contributed by atoms with Crippen LogP contribution in [0.25, 0.3) is 11.3 Å². The number of rotatable bonds is 5. The quantitative estimate of drug-likeness (QED) is 0.735. The Bertz CT molecular complexity index is 923. The van der Waals surface area contributed by atoms with E-state index in [4.69, 9.17) is 5.73 Å². The Morgan fingerprint density at radius 1 is 1.04 bits per heavy atom. The lowest BCUT2D eigenvalue weighted by Gasteiger charge is -2.35. The minimum Gasteiger partial charge on any atom is -0.366 e. The van der Waals surface area contributed by atoms with Crippen LogP contribution < -0.4 is 5.73 Å². The number of hydrogen-bond acceptors (Lipinski definition) is 4. The summed E-state index contributed by atoms with van der Waals surface area (Å²) in [4.78, 5) is 22.9. The molecule has 5 nitrogen and oxygen atoms in total. The van der Waals surface area contributed by atoms with Gasteiger partial charge < -0.3 is 5.73 Å². The van der Waals surface area contributed by atoms with E-state index < -0.39 is 5.91 Å². The van der Waals surface area contributed by atoms with Gasteiger partial charge in [0.25, 0.3) is 0 Å². The number of hydrogen-bond donors (Lipinski definition) is 1. The number of primary amides is 1. The molecule has 1 atom stereocenters. The Kier molecular flexibility index (Phi) is 5.44. The lowest BCUT2D eigenvalue weighted by molar-refractivity contribution is 0.100. The third kappa shape index (κ3) is 4.10. The van der Waals surface area contributed by atoms with Crippen LogP contribution in [0.3, 0.4) is 0 Å². The molecule has 0 radical (unpaired) electrons. The second-order valence-electron chi connectivity index (χ2n) is 7.22. The highest BCUT2D eigenvalue weighted by Crippen LogP contribution is 2.32. The van der Waals surface area contributed by atoms with Crippen LogP contribution in [0.5, 0.6) is 0 Å². The molecule has 142 valence electrons. The van der Waals surface area contributed by atoms with Crippen LogP contribution in [0.1, 0.15) is 46.9 Å². The van der Waals surface area contributed by atoms with E-state index in [1.807, 2.05) is 36.7 Å². The first-order valence-electron chi connectivity index (χ1n) is 9.71. The Morgan fingerprint density at radius 2 is 1.89 bits per heavy atom. The van der Waals surface area contributed by atoms with Crippen molar-refractivity contribution in [2.24, 2.45) is 5.73 Å². The third-order valence-electron chi connectivity index (χ3n) is 5.34. The van der Waals surface area contributed by atoms with Crippen molar-refractivity contribution in [2.75, 3.05) is 6.54 Å². The number of likely N-dealkylation sites (tertiary alicyclic amines) is 1. The maximum atomic E-state index is 11.2. The molecule has 0 aliphatic carbocycles. The Labute approximate surface area is 165 Å². The highest BCUT2D eigenvalue weighted by molar-refractivity contribution is 5.93. The van der Waals surface area contributed by atoms with Gasteiger partial charge in [0, 0.05) is 36.1 Å². The zero-order valence-corrected chi connectivity index (χ0v) is 15.8. The van der Waals surface area contributed by atoms with Gasteiger partial charge in [-0.2, -0.15) is 0 Å². The molecule has 1 saturated heterocycles. The molecule has 3 aromatic rings. The van der Waals surface area contributed by atoms with Crippen molar-refractivity contribution in [3.63, 3.8) is 0 Å². The highest BCUT2D eigenvalue weighted by atomic mass is 16.1. The molecular formula is C23H24N4O. The number of amides is 1. The summed E-state index contributed by atoms with van der Waals surface area (Å²) < 4.78 is 0. The average Bonchev–Trinajstić information content (AvgIpc) is 2.75. The highest BCUT2D eigenvalue weighted by Gasteiger charge is 2.24. The molecule has 28 heavy (non-hydrogen) atoms. The molecule has 1 aliphatic heterocycles. The van der Waals surface area contributed by atoms with Gasteiger partial charge in [0.15, 0.2) is 0 Å². The molecule has 5 heteroatoms. The minimum atomic E-state index is -0.417. The van der Waals surface area contributed by atoms with Crippen molar-refractivity contribution >= 4 is 5.91 Å². The van der Waals surface area contributed by atoms with Crippen LogP contribution in [0.15, 0.2) is 67.0 Å². The predicted molar refractivity (Wildman–Crippen MR) is 109 cm³/mol. The van der Waals surface area contributed by atoms with Gasteiger partial charge >= 0.3 is 0 Å². The van der Waals surface area contributed by atoms with E-state index in [-0.39, 0.29) is 0 Å². The largest absolute Gasteiger partial charge is 0.366 e. The van der Waals surface area contributed by atoms with Gasteiger partial charge in [-0.3, -0.25) is 19.7 Å². The second-order valence-corrected chi connectivity index (χ2v) is 7.22. The van der Waals surface area contributed by atoms with E-state index in [9.17, 15) is 4.79 Å². The summed E-state index contributed by atoms with van der Waals surface area (Å²) in [5.74, 6) is -0.417. The number of nitrogens with zero attached hydrogens (tertiary/aromatic N) is 3. The second kappa shape index (κ2) is 8.31. The van der Waals surface area contributed by atoms with E-state index in [0.717, 1.165) is 36.5 Å². The van der Waals surface area contributed by atoms with Crippen molar-refractivity contribution in [2.45, 2.75) is 31.8 Å². The van der Waals surface area contributed by atoms with Gasteiger partial charge in [0.1, 0.15) is 0 Å². The SMILES string of the molecule is NC(=O)c1ccc(-c2ccc(C3CCCCN3Cc3ccccn3)cn2)cc1. The van der Waals surface area contributed by atoms with Crippen LogP contribution in [0, 0.1) is 0 Å². The van der Waals surface area contributed by atoms with Gasteiger partial charge in [-0.25, -0.2) is 0 Å². The molecule has 4 rings (SSSR count). The smallest absolute Gasteiger partial charge is 0.248 e. The van der Waals surface area contributed by atoms with E-state index in [1.165, 1.54) is 18.4 Å². The third-order valence-corrected chi connectivity index (χ3v) is 5.34. The number of carbonyl (C=O) groups excluding carboxylic acids is 1. The van der Waals surface area contributed by atoms with E-state index in [1.54, 1.807) is 12.1 Å². The molecule has 0 bridgehead atoms. The molecule has 3 heterocycles. The van der Waals surface area contributed by atoms with Crippen molar-refractivity contribution in [1.82, 2.24) is 14.9 Å². The molecule has 1 aliphatic rings. The van der Waals surface area contributed by atoms with Crippen molar-refractivity contribution in [3.8, 4) is 11.3 Å². The number of pyridine rings is 2. The van der Waals surface area contributed by atoms with Crippen molar-refractivity contribution in [1.29, 1.82) is 0 Å². The molecule has 1 fully saturated rings. The molecule has 1 amide bonds. The number of nitrogens with two attached hydrogens (primary N) is 1. The molecule has 2 N–H and O–H groups in total. The summed E-state index contributed by atoms with van der Waals surface area (Å²) in [6.45, 7) is 1.94. The molecular weight excluding hydrogens is 348 g/mol. The zero-order chi connectivity index (χ0) is 19.3. The fourth-order valence-corrected chi connectivity index (χ4v) is 3.84. The van der Waals surface area contributed by atoms with Crippen molar-refractivity contribution in [3.05, 3.63) is 83.8 Å². The van der Waals surface area contributed by atoms with Gasteiger partial charge in [-0.15, -0.1) is 0 Å². The summed E-state index contributed by atoms with van der Waals surface area (Å²) in [6.07, 6.45) is 7.44. The molecule has 1 unspecified atom stereocenters. The Morgan fingerprint density at radius 3 is 2.57 bits per heavy atom. The normalized spacial score (nSPS) is 17.4. The van der Waals surface area contributed by atoms with Crippen LogP contribution >= 0.6 is 0 Å². The standard InChI is InChI=1S/C23H24N4O/c24-23(28)18-9-7-17(8-10-18)21-12-11-19(15-26-21)22-6-2-4-14-27(22)16-20-5-1-3-13-25-20/h1,3,5,7-13,15,22H,2,4,6,14,16H2,(H2,24,28). The first-order valence-corrected chi connectivity index (χ1v) is 9.71. The fraction of sp³-hybridized carbons (Fsp3) is 0.261. The van der Waals surface area contributed by atoms with E-state index >= 15 is 0 Å². The van der Waals surface area contributed by atoms with Gasteiger partial charge in [0.2, 0.25) is 5.91 Å². The van der Waals surface area contributed by atoms with Gasteiger partial charge in [-0.05, 0) is 55.3 Å². The lowest BCUT2D eigenvalue weighted by atomic mass is 9.95. The number of piperidine rings is 1.